The van der Waals surface area contributed by atoms with Gasteiger partial charge in [0.25, 0.3) is 11.8 Å². The van der Waals surface area contributed by atoms with E-state index in [1.807, 2.05) is 0 Å². The van der Waals surface area contributed by atoms with Crippen LogP contribution in [0, 0.1) is 0 Å². The molecule has 0 spiro atoms. The van der Waals surface area contributed by atoms with Crippen LogP contribution in [0.4, 0.5) is 5.69 Å². The van der Waals surface area contributed by atoms with Gasteiger partial charge in [-0.05, 0) is 43.9 Å². The van der Waals surface area contributed by atoms with Crippen molar-refractivity contribution in [2.24, 2.45) is 0 Å². The van der Waals surface area contributed by atoms with Crippen LogP contribution in [0.1, 0.15) is 25.7 Å². The molecule has 0 unspecified atom stereocenters. The van der Waals surface area contributed by atoms with Crippen molar-refractivity contribution >= 4 is 40.7 Å². The lowest BCUT2D eigenvalue weighted by Crippen LogP contribution is -2.31. The Labute approximate surface area is 120 Å². The average molecular weight is 296 g/mol. The first kappa shape index (κ1) is 12.7. The summed E-state index contributed by atoms with van der Waals surface area (Å²) in [5, 5.41) is 0.791. The molecule has 0 bridgehead atoms. The van der Waals surface area contributed by atoms with Crippen molar-refractivity contribution in [1.29, 1.82) is 0 Å². The highest BCUT2D eigenvalue weighted by molar-refractivity contribution is 6.40. The molecule has 98 valence electrons. The third kappa shape index (κ3) is 1.97. The van der Waals surface area contributed by atoms with Gasteiger partial charge in [0.1, 0.15) is 0 Å². The SMILES string of the molecule is O=C1C2=C(CCCC2)C(=O)N1c1ccc(Cl)cc1Cl. The van der Waals surface area contributed by atoms with Crippen molar-refractivity contribution in [1.82, 2.24) is 0 Å². The first-order valence-electron chi connectivity index (χ1n) is 6.15. The summed E-state index contributed by atoms with van der Waals surface area (Å²) in [6, 6.07) is 4.77. The number of rotatable bonds is 1. The van der Waals surface area contributed by atoms with Crippen LogP contribution in [0.25, 0.3) is 0 Å². The highest BCUT2D eigenvalue weighted by Crippen LogP contribution is 2.38. The molecule has 2 amide bonds. The minimum atomic E-state index is -0.232. The Morgan fingerprint density at radius 3 is 2.05 bits per heavy atom. The molecular weight excluding hydrogens is 285 g/mol. The summed E-state index contributed by atoms with van der Waals surface area (Å²) in [6.45, 7) is 0. The third-order valence-electron chi connectivity index (χ3n) is 3.54. The zero-order chi connectivity index (χ0) is 13.6. The highest BCUT2D eigenvalue weighted by atomic mass is 35.5. The molecule has 0 fully saturated rings. The van der Waals surface area contributed by atoms with Crippen molar-refractivity contribution in [3.8, 4) is 0 Å². The van der Waals surface area contributed by atoms with E-state index in [1.54, 1.807) is 12.1 Å². The van der Waals surface area contributed by atoms with Gasteiger partial charge in [0.2, 0.25) is 0 Å². The summed E-state index contributed by atoms with van der Waals surface area (Å²) in [5.41, 5.74) is 1.72. The number of benzene rings is 1. The van der Waals surface area contributed by atoms with Gasteiger partial charge < -0.3 is 0 Å². The van der Waals surface area contributed by atoms with E-state index in [9.17, 15) is 9.59 Å². The number of hydrogen-bond donors (Lipinski definition) is 0. The molecule has 1 aliphatic carbocycles. The van der Waals surface area contributed by atoms with E-state index in [0.29, 0.717) is 39.7 Å². The minimum Gasteiger partial charge on any atom is -0.269 e. The fraction of sp³-hybridized carbons (Fsp3) is 0.286. The van der Waals surface area contributed by atoms with E-state index in [4.69, 9.17) is 23.2 Å². The molecule has 1 aliphatic heterocycles. The Morgan fingerprint density at radius 1 is 0.947 bits per heavy atom. The van der Waals surface area contributed by atoms with E-state index < -0.39 is 0 Å². The van der Waals surface area contributed by atoms with Gasteiger partial charge in [0.15, 0.2) is 0 Å². The molecule has 1 aromatic rings. The quantitative estimate of drug-likeness (QED) is 0.740. The number of hydrogen-bond acceptors (Lipinski definition) is 2. The Morgan fingerprint density at radius 2 is 1.53 bits per heavy atom. The molecule has 5 heteroatoms. The number of nitrogens with zero attached hydrogens (tertiary/aromatic N) is 1. The van der Waals surface area contributed by atoms with Gasteiger partial charge in [-0.25, -0.2) is 4.90 Å². The van der Waals surface area contributed by atoms with Crippen LogP contribution in [-0.4, -0.2) is 11.8 Å². The number of imide groups is 1. The molecule has 19 heavy (non-hydrogen) atoms. The van der Waals surface area contributed by atoms with E-state index in [1.165, 1.54) is 11.0 Å². The lowest BCUT2D eigenvalue weighted by molar-refractivity contribution is -0.120. The topological polar surface area (TPSA) is 37.4 Å². The maximum atomic E-state index is 12.3. The van der Waals surface area contributed by atoms with Gasteiger partial charge in [-0.3, -0.25) is 9.59 Å². The van der Waals surface area contributed by atoms with Crippen molar-refractivity contribution in [2.45, 2.75) is 25.7 Å². The van der Waals surface area contributed by atoms with Crippen LogP contribution in [0.2, 0.25) is 10.0 Å². The Bertz CT molecular complexity index is 594. The molecule has 3 nitrogen and oxygen atoms in total. The maximum Gasteiger partial charge on any atom is 0.261 e. The average Bonchev–Trinajstić information content (AvgIpc) is 2.64. The molecule has 0 N–H and O–H groups in total. The first-order valence-corrected chi connectivity index (χ1v) is 6.91. The van der Waals surface area contributed by atoms with Crippen LogP contribution in [0.3, 0.4) is 0 Å². The lowest BCUT2D eigenvalue weighted by atomic mass is 9.93. The number of anilines is 1. The smallest absolute Gasteiger partial charge is 0.261 e. The summed E-state index contributed by atoms with van der Waals surface area (Å²) < 4.78 is 0. The zero-order valence-electron chi connectivity index (χ0n) is 10.1. The number of halogens is 2. The molecule has 0 radical (unpaired) electrons. The normalized spacial score (nSPS) is 19.2. The summed E-state index contributed by atoms with van der Waals surface area (Å²) in [5.74, 6) is -0.465. The molecule has 3 rings (SSSR count). The molecular formula is C14H11Cl2NO2. The second kappa shape index (κ2) is 4.66. The number of amides is 2. The van der Waals surface area contributed by atoms with Crippen molar-refractivity contribution in [3.05, 3.63) is 39.4 Å². The highest BCUT2D eigenvalue weighted by Gasteiger charge is 2.40. The minimum absolute atomic E-state index is 0.232. The fourth-order valence-electron chi connectivity index (χ4n) is 2.62. The second-order valence-corrected chi connectivity index (χ2v) is 5.55. The van der Waals surface area contributed by atoms with E-state index in [2.05, 4.69) is 0 Å². The van der Waals surface area contributed by atoms with Gasteiger partial charge in [-0.1, -0.05) is 23.2 Å². The third-order valence-corrected chi connectivity index (χ3v) is 4.08. The van der Waals surface area contributed by atoms with Gasteiger partial charge >= 0.3 is 0 Å². The van der Waals surface area contributed by atoms with E-state index in [-0.39, 0.29) is 11.8 Å². The molecule has 1 aromatic carbocycles. The summed E-state index contributed by atoms with van der Waals surface area (Å²) >= 11 is 11.9. The van der Waals surface area contributed by atoms with Crippen LogP contribution >= 0.6 is 23.2 Å². The predicted octanol–water partition coefficient (Wildman–Crippen LogP) is 3.74. The van der Waals surface area contributed by atoms with Crippen molar-refractivity contribution in [3.63, 3.8) is 0 Å². The zero-order valence-corrected chi connectivity index (χ0v) is 11.6. The van der Waals surface area contributed by atoms with Gasteiger partial charge in [0.05, 0.1) is 10.7 Å². The molecule has 0 saturated carbocycles. The first-order chi connectivity index (χ1) is 9.09. The lowest BCUT2D eigenvalue weighted by Gasteiger charge is -2.16. The number of carbonyl (C=O) groups excluding carboxylic acids is 2. The second-order valence-electron chi connectivity index (χ2n) is 4.71. The van der Waals surface area contributed by atoms with Crippen molar-refractivity contribution in [2.75, 3.05) is 4.90 Å². The van der Waals surface area contributed by atoms with Gasteiger partial charge in [-0.15, -0.1) is 0 Å². The van der Waals surface area contributed by atoms with Crippen LogP contribution in [0.15, 0.2) is 29.3 Å². The van der Waals surface area contributed by atoms with Crippen molar-refractivity contribution < 1.29 is 9.59 Å². The number of carbonyl (C=O) groups is 2. The largest absolute Gasteiger partial charge is 0.269 e. The Kier molecular flexibility index (Phi) is 3.11. The summed E-state index contributed by atoms with van der Waals surface area (Å²) in [6.07, 6.45) is 3.28. The van der Waals surface area contributed by atoms with E-state index >= 15 is 0 Å². The Balaban J connectivity index is 2.04. The van der Waals surface area contributed by atoms with Gasteiger partial charge in [-0.2, -0.15) is 0 Å². The summed E-state index contributed by atoms with van der Waals surface area (Å²) in [4.78, 5) is 25.9. The monoisotopic (exact) mass is 295 g/mol. The Hall–Kier alpha value is -1.32. The maximum absolute atomic E-state index is 12.3. The van der Waals surface area contributed by atoms with Crippen LogP contribution in [0.5, 0.6) is 0 Å². The standard InChI is InChI=1S/C14H11Cl2NO2/c15-8-5-6-12(11(16)7-8)17-13(18)9-3-1-2-4-10(9)14(17)19/h5-7H,1-4H2. The van der Waals surface area contributed by atoms with E-state index in [0.717, 1.165) is 12.8 Å². The fourth-order valence-corrected chi connectivity index (χ4v) is 3.11. The molecule has 0 atom stereocenters. The van der Waals surface area contributed by atoms with Crippen LogP contribution in [-0.2, 0) is 9.59 Å². The molecule has 0 aromatic heterocycles. The summed E-state index contributed by atoms with van der Waals surface area (Å²) in [7, 11) is 0. The predicted molar refractivity (Wildman–Crippen MR) is 74.4 cm³/mol. The van der Waals surface area contributed by atoms with Gasteiger partial charge in [0, 0.05) is 16.2 Å². The molecule has 0 saturated heterocycles. The molecule has 1 heterocycles. The van der Waals surface area contributed by atoms with Crippen LogP contribution < -0.4 is 4.90 Å². The molecule has 2 aliphatic rings.